The number of rotatable bonds is 5. The minimum Gasteiger partial charge on any atom is -0.378 e. The maximum absolute atomic E-state index is 12.5. The van der Waals surface area contributed by atoms with Gasteiger partial charge in [-0.1, -0.05) is 30.3 Å². The van der Waals surface area contributed by atoms with Crippen molar-refractivity contribution in [1.82, 2.24) is 0 Å². The summed E-state index contributed by atoms with van der Waals surface area (Å²) >= 11 is 0. The number of morpholine rings is 1. The number of carbonyl (C=O) groups excluding carboxylic acids is 1. The zero-order valence-electron chi connectivity index (χ0n) is 16.5. The maximum Gasteiger partial charge on any atom is 0.255 e. The number of aryl methyl sites for hydroxylation is 1. The minimum atomic E-state index is -0.0959. The van der Waals surface area contributed by atoms with E-state index in [1.54, 1.807) is 0 Å². The van der Waals surface area contributed by atoms with Crippen LogP contribution in [0.4, 0.5) is 22.7 Å². The highest BCUT2D eigenvalue weighted by molar-refractivity contribution is 6.05. The third kappa shape index (κ3) is 4.58. The van der Waals surface area contributed by atoms with E-state index in [4.69, 9.17) is 4.74 Å². The van der Waals surface area contributed by atoms with Gasteiger partial charge in [-0.25, -0.2) is 0 Å². The molecule has 1 fully saturated rings. The predicted octanol–water partition coefficient (Wildman–Crippen LogP) is 4.83. The Morgan fingerprint density at radius 2 is 1.52 bits per heavy atom. The molecule has 1 aliphatic rings. The molecule has 0 saturated carbocycles. The Bertz CT molecular complexity index is 979. The fourth-order valence-corrected chi connectivity index (χ4v) is 3.48. The molecule has 5 heteroatoms. The molecule has 0 spiro atoms. The number of amides is 1. The zero-order valence-corrected chi connectivity index (χ0v) is 16.5. The molecule has 0 radical (unpaired) electrons. The van der Waals surface area contributed by atoms with Crippen LogP contribution in [-0.4, -0.2) is 32.2 Å². The van der Waals surface area contributed by atoms with Crippen molar-refractivity contribution in [3.8, 4) is 0 Å². The molecule has 148 valence electrons. The van der Waals surface area contributed by atoms with Gasteiger partial charge in [0, 0.05) is 30.0 Å². The second-order valence-electron chi connectivity index (χ2n) is 7.09. The fourth-order valence-electron chi connectivity index (χ4n) is 3.48. The maximum atomic E-state index is 12.5. The molecule has 1 saturated heterocycles. The van der Waals surface area contributed by atoms with Crippen LogP contribution in [0.5, 0.6) is 0 Å². The third-order valence-electron chi connectivity index (χ3n) is 5.07. The van der Waals surface area contributed by atoms with Crippen molar-refractivity contribution in [2.75, 3.05) is 41.8 Å². The number of hydrogen-bond donors (Lipinski definition) is 2. The summed E-state index contributed by atoms with van der Waals surface area (Å²) in [6.07, 6.45) is 0. The summed E-state index contributed by atoms with van der Waals surface area (Å²) < 4.78 is 5.47. The largest absolute Gasteiger partial charge is 0.378 e. The van der Waals surface area contributed by atoms with Crippen LogP contribution in [0.3, 0.4) is 0 Å². The van der Waals surface area contributed by atoms with Crippen molar-refractivity contribution < 1.29 is 9.53 Å². The number of benzene rings is 3. The number of nitrogens with one attached hydrogen (secondary N) is 2. The molecule has 0 bridgehead atoms. The molecule has 29 heavy (non-hydrogen) atoms. The number of para-hydroxylation sites is 2. The molecule has 5 nitrogen and oxygen atoms in total. The van der Waals surface area contributed by atoms with Gasteiger partial charge in [-0.15, -0.1) is 0 Å². The van der Waals surface area contributed by atoms with Crippen molar-refractivity contribution in [3.05, 3.63) is 83.9 Å². The van der Waals surface area contributed by atoms with Crippen LogP contribution in [-0.2, 0) is 4.74 Å². The van der Waals surface area contributed by atoms with Crippen LogP contribution in [0.1, 0.15) is 15.9 Å². The lowest BCUT2D eigenvalue weighted by Gasteiger charge is -2.30. The molecule has 2 N–H and O–H groups in total. The first-order valence-corrected chi connectivity index (χ1v) is 9.86. The Morgan fingerprint density at radius 3 is 2.28 bits per heavy atom. The lowest BCUT2D eigenvalue weighted by atomic mass is 10.1. The predicted molar refractivity (Wildman–Crippen MR) is 118 cm³/mol. The molecule has 0 aromatic heterocycles. The molecule has 1 aliphatic heterocycles. The quantitative estimate of drug-likeness (QED) is 0.659. The number of anilines is 4. The summed E-state index contributed by atoms with van der Waals surface area (Å²) in [6, 6.07) is 23.7. The molecular formula is C24H25N3O2. The lowest BCUT2D eigenvalue weighted by Crippen LogP contribution is -2.36. The Balaban J connectivity index is 1.45. The van der Waals surface area contributed by atoms with Crippen molar-refractivity contribution >= 4 is 28.7 Å². The third-order valence-corrected chi connectivity index (χ3v) is 5.07. The van der Waals surface area contributed by atoms with Crippen LogP contribution in [0.2, 0.25) is 0 Å². The van der Waals surface area contributed by atoms with E-state index < -0.39 is 0 Å². The van der Waals surface area contributed by atoms with Gasteiger partial charge in [0.15, 0.2) is 0 Å². The molecular weight excluding hydrogens is 362 g/mol. The van der Waals surface area contributed by atoms with Crippen molar-refractivity contribution in [2.24, 2.45) is 0 Å². The first-order valence-electron chi connectivity index (χ1n) is 9.86. The Kier molecular flexibility index (Phi) is 5.77. The zero-order chi connectivity index (χ0) is 20.1. The lowest BCUT2D eigenvalue weighted by molar-refractivity contribution is 0.102. The topological polar surface area (TPSA) is 53.6 Å². The van der Waals surface area contributed by atoms with Crippen LogP contribution < -0.4 is 15.5 Å². The summed E-state index contributed by atoms with van der Waals surface area (Å²) in [5.74, 6) is -0.0959. The van der Waals surface area contributed by atoms with Crippen molar-refractivity contribution in [1.29, 1.82) is 0 Å². The van der Waals surface area contributed by atoms with Crippen LogP contribution in [0.15, 0.2) is 72.8 Å². The average Bonchev–Trinajstić information content (AvgIpc) is 2.76. The Labute approximate surface area is 171 Å². The van der Waals surface area contributed by atoms with Gasteiger partial charge in [-0.3, -0.25) is 4.79 Å². The molecule has 0 aliphatic carbocycles. The van der Waals surface area contributed by atoms with Crippen molar-refractivity contribution in [3.63, 3.8) is 0 Å². The highest BCUT2D eigenvalue weighted by Gasteiger charge is 2.14. The monoisotopic (exact) mass is 387 g/mol. The van der Waals surface area contributed by atoms with Gasteiger partial charge >= 0.3 is 0 Å². The molecule has 1 heterocycles. The molecule has 1 amide bonds. The highest BCUT2D eigenvalue weighted by Crippen LogP contribution is 2.29. The van der Waals surface area contributed by atoms with E-state index in [9.17, 15) is 4.79 Å². The molecule has 0 unspecified atom stereocenters. The van der Waals surface area contributed by atoms with E-state index in [1.165, 1.54) is 5.69 Å². The first kappa shape index (κ1) is 19.0. The first-order chi connectivity index (χ1) is 14.2. The van der Waals surface area contributed by atoms with Crippen LogP contribution in [0, 0.1) is 6.92 Å². The van der Waals surface area contributed by atoms with Gasteiger partial charge < -0.3 is 20.3 Å². The molecule has 3 aromatic rings. The summed E-state index contributed by atoms with van der Waals surface area (Å²) in [5.41, 5.74) is 5.63. The minimum absolute atomic E-state index is 0.0959. The Hall–Kier alpha value is -3.31. The van der Waals surface area contributed by atoms with E-state index in [2.05, 4.69) is 33.7 Å². The summed E-state index contributed by atoms with van der Waals surface area (Å²) in [6.45, 7) is 5.23. The van der Waals surface area contributed by atoms with E-state index >= 15 is 0 Å². The van der Waals surface area contributed by atoms with E-state index in [0.29, 0.717) is 5.56 Å². The van der Waals surface area contributed by atoms with Gasteiger partial charge in [-0.05, 0) is 55.0 Å². The second-order valence-corrected chi connectivity index (χ2v) is 7.09. The molecule has 3 aromatic carbocycles. The number of nitrogens with zero attached hydrogens (tertiary/aromatic N) is 1. The second kappa shape index (κ2) is 8.80. The fraction of sp³-hybridized carbons (Fsp3) is 0.208. The molecule has 4 rings (SSSR count). The number of hydrogen-bond acceptors (Lipinski definition) is 4. The van der Waals surface area contributed by atoms with Gasteiger partial charge in [0.2, 0.25) is 0 Å². The summed E-state index contributed by atoms with van der Waals surface area (Å²) in [7, 11) is 0. The Morgan fingerprint density at radius 1 is 0.862 bits per heavy atom. The normalized spacial score (nSPS) is 13.8. The number of carbonyl (C=O) groups is 1. The van der Waals surface area contributed by atoms with Gasteiger partial charge in [0.05, 0.1) is 24.6 Å². The van der Waals surface area contributed by atoms with Crippen LogP contribution >= 0.6 is 0 Å². The van der Waals surface area contributed by atoms with E-state index in [0.717, 1.165) is 48.9 Å². The van der Waals surface area contributed by atoms with Crippen LogP contribution in [0.25, 0.3) is 0 Å². The smallest absolute Gasteiger partial charge is 0.255 e. The van der Waals surface area contributed by atoms with Gasteiger partial charge in [0.25, 0.3) is 5.91 Å². The standard InChI is InChI=1S/C24H25N3O2/c1-18-6-2-3-7-21(18)24(28)26-20-12-10-19(11-13-20)25-22-8-4-5-9-23(22)27-14-16-29-17-15-27/h2-13,25H,14-17H2,1H3,(H,26,28). The average molecular weight is 387 g/mol. The van der Waals surface area contributed by atoms with E-state index in [1.807, 2.05) is 61.5 Å². The SMILES string of the molecule is Cc1ccccc1C(=O)Nc1ccc(Nc2ccccc2N2CCOCC2)cc1. The highest BCUT2D eigenvalue weighted by atomic mass is 16.5. The summed E-state index contributed by atoms with van der Waals surface area (Å²) in [5, 5.41) is 6.46. The van der Waals surface area contributed by atoms with E-state index in [-0.39, 0.29) is 5.91 Å². The number of ether oxygens (including phenoxy) is 1. The van der Waals surface area contributed by atoms with Crippen molar-refractivity contribution in [2.45, 2.75) is 6.92 Å². The van der Waals surface area contributed by atoms with Gasteiger partial charge in [0.1, 0.15) is 0 Å². The molecule has 0 atom stereocenters. The summed E-state index contributed by atoms with van der Waals surface area (Å²) in [4.78, 5) is 14.8. The van der Waals surface area contributed by atoms with Gasteiger partial charge in [-0.2, -0.15) is 0 Å².